The minimum atomic E-state index is -1.18. The van der Waals surface area contributed by atoms with Gasteiger partial charge < -0.3 is 48.1 Å². The largest absolute Gasteiger partial charge is 0.365 e. The van der Waals surface area contributed by atoms with Gasteiger partial charge in [0.15, 0.2) is 47.6 Å². The summed E-state index contributed by atoms with van der Waals surface area (Å²) in [5, 5.41) is 21.5. The third-order valence-corrected chi connectivity index (χ3v) is 20.6. The summed E-state index contributed by atoms with van der Waals surface area (Å²) in [5.41, 5.74) is -1.13. The van der Waals surface area contributed by atoms with Crippen molar-refractivity contribution in [3.63, 3.8) is 0 Å². The van der Waals surface area contributed by atoms with Crippen molar-refractivity contribution in [2.75, 3.05) is 5.34 Å². The first kappa shape index (κ1) is 49.6. The summed E-state index contributed by atoms with van der Waals surface area (Å²) in [7, 11) is 0. The molecule has 3 saturated carbocycles. The van der Waals surface area contributed by atoms with E-state index in [0.717, 1.165) is 51.4 Å². The maximum Gasteiger partial charge on any atom is 0.201 e. The number of alkyl halides is 3. The molecule has 10 heterocycles. The standard InChI is InChI=1S/C16H25BrO3.C16H26O5.C16H26O4.CH2Cl2/c1-9-5-6-12-10(2)15(4,17)19-13-16(12)11(9)7-8-14(3,18-13)20-16;1-9-5-6-12-10(2)15(4,17)19-13-16(12)11(9)7-8-14(3,18-13)20-21-16;1-9-5-6-12-10(2)15(4,17)19-13-16(12)11(9)7-8-14(3,18-13)20-16;2-1-3/h9-13H,5-8H2,1-4H3;9-13,17H,5-8H2,1-4H3;9-13,17H,5-8H2,1-4H3;1H2/t2*9-,10-,11?,12+,13+,14-,15+,16-;9-,10-,11?,12+,13+,14+,15+,16-;/m111./s1. The monoisotopic (exact) mass is 1010 g/mol. The fourth-order valence-electron chi connectivity index (χ4n) is 15.8. The second kappa shape index (κ2) is 16.6. The van der Waals surface area contributed by atoms with E-state index in [0.29, 0.717) is 53.3 Å². The molecule has 3 unspecified atom stereocenters. The first-order valence-electron chi connectivity index (χ1n) is 24.9. The molecule has 0 aromatic carbocycles. The molecule has 10 saturated heterocycles. The number of fused-ring (bicyclic) bond motifs is 4. The highest BCUT2D eigenvalue weighted by Crippen LogP contribution is 2.67. The van der Waals surface area contributed by atoms with Gasteiger partial charge in [0.1, 0.15) is 15.7 Å². The number of hydrogen-bond acceptors (Lipinski definition) is 12. The van der Waals surface area contributed by atoms with Crippen molar-refractivity contribution in [3.05, 3.63) is 0 Å². The van der Waals surface area contributed by atoms with E-state index in [2.05, 4.69) is 64.4 Å². The third-order valence-electron chi connectivity index (χ3n) is 19.7. The van der Waals surface area contributed by atoms with Gasteiger partial charge in [0, 0.05) is 48.9 Å². The molecule has 0 aromatic rings. The molecule has 13 aliphatic rings. The van der Waals surface area contributed by atoms with Crippen LogP contribution in [-0.2, 0) is 47.7 Å². The van der Waals surface area contributed by atoms with E-state index in [1.165, 1.54) is 25.7 Å². The van der Waals surface area contributed by atoms with Gasteiger partial charge in [0.25, 0.3) is 0 Å². The Labute approximate surface area is 400 Å². The minimum Gasteiger partial charge on any atom is -0.365 e. The lowest BCUT2D eigenvalue weighted by atomic mass is 9.56. The molecule has 15 heteroatoms. The van der Waals surface area contributed by atoms with Crippen LogP contribution < -0.4 is 0 Å². The molecule has 13 fully saturated rings. The van der Waals surface area contributed by atoms with Crippen LogP contribution in [0.4, 0.5) is 0 Å². The minimum absolute atomic E-state index is 0.0154. The molecular weight excluding hydrogens is 931 g/mol. The Morgan fingerprint density at radius 3 is 1.23 bits per heavy atom. The predicted molar refractivity (Wildman–Crippen MR) is 242 cm³/mol. The first-order chi connectivity index (χ1) is 29.8. The van der Waals surface area contributed by atoms with Gasteiger partial charge in [-0.3, -0.25) is 0 Å². The predicted octanol–water partition coefficient (Wildman–Crippen LogP) is 10.7. The zero-order chi connectivity index (χ0) is 46.4. The second-order valence-corrected chi connectivity index (χ2v) is 25.9. The number of ether oxygens (including phenoxy) is 8. The van der Waals surface area contributed by atoms with E-state index in [1.54, 1.807) is 13.8 Å². The molecule has 0 radical (unpaired) electrons. The van der Waals surface area contributed by atoms with Gasteiger partial charge in [0.2, 0.25) is 5.79 Å². The zero-order valence-corrected chi connectivity index (χ0v) is 43.6. The Morgan fingerprint density at radius 1 is 0.438 bits per heavy atom. The lowest BCUT2D eigenvalue weighted by Crippen LogP contribution is -2.72. The topological polar surface area (TPSA) is 133 Å². The lowest BCUT2D eigenvalue weighted by Gasteiger charge is -2.61. The van der Waals surface area contributed by atoms with Crippen molar-refractivity contribution in [1.29, 1.82) is 0 Å². The van der Waals surface area contributed by atoms with Gasteiger partial charge in [-0.1, -0.05) is 57.5 Å². The number of hydrogen-bond donors (Lipinski definition) is 2. The average molecular weight is 1010 g/mol. The molecule has 64 heavy (non-hydrogen) atoms. The summed E-state index contributed by atoms with van der Waals surface area (Å²) in [4.78, 5) is 11.7. The summed E-state index contributed by atoms with van der Waals surface area (Å²) in [5.74, 6) is 0.771. The Bertz CT molecular complexity index is 1660. The van der Waals surface area contributed by atoms with Crippen LogP contribution in [0.15, 0.2) is 0 Å². The highest BCUT2D eigenvalue weighted by Gasteiger charge is 2.75. The Balaban J connectivity index is 0.000000118. The van der Waals surface area contributed by atoms with Gasteiger partial charge in [-0.25, -0.2) is 9.78 Å². The maximum absolute atomic E-state index is 10.7. The summed E-state index contributed by atoms with van der Waals surface area (Å²) < 4.78 is 49.6. The van der Waals surface area contributed by atoms with Crippen LogP contribution in [0.2, 0.25) is 0 Å². The average Bonchev–Trinajstić information content (AvgIpc) is 3.39. The first-order valence-corrected chi connectivity index (χ1v) is 26.7. The van der Waals surface area contributed by atoms with E-state index in [4.69, 9.17) is 70.9 Å². The SMILES string of the molecule is C[C@@H]1CC[C@H]2[C@@H](C)[C@@](C)(Br)O[C@@H]3O[C@@]4(C)CCC1[C@]32O4.C[C@@H]1CC[C@H]2[C@@H](C)[C@@](C)(O)O[C@@H]3O[C@@]4(C)CCC1[C@]32OO4.C[C@@H]1CC[C@H]2[C@@H](C)[C@@](C)(O)O[C@@H]3O[C@]4(C)CCC1[C@]32O4.ClCCl. The molecule has 24 atom stereocenters. The fourth-order valence-corrected chi connectivity index (χ4v) is 16.2. The smallest absolute Gasteiger partial charge is 0.201 e. The maximum atomic E-state index is 10.7. The normalized spacial score (nSPS) is 61.5. The van der Waals surface area contributed by atoms with E-state index in [9.17, 15) is 10.2 Å². The van der Waals surface area contributed by atoms with Gasteiger partial charge in [-0.2, -0.15) is 0 Å². The van der Waals surface area contributed by atoms with Crippen molar-refractivity contribution >= 4 is 39.1 Å². The summed E-state index contributed by atoms with van der Waals surface area (Å²) in [6.45, 7) is 25.1. The Kier molecular flexibility index (Phi) is 12.8. The van der Waals surface area contributed by atoms with Crippen molar-refractivity contribution in [2.45, 2.75) is 229 Å². The molecule has 2 N–H and O–H groups in total. The van der Waals surface area contributed by atoms with Crippen molar-refractivity contribution in [1.82, 2.24) is 0 Å². The van der Waals surface area contributed by atoms with Crippen molar-refractivity contribution < 1.29 is 57.9 Å². The van der Waals surface area contributed by atoms with Crippen molar-refractivity contribution in [3.8, 4) is 0 Å². The van der Waals surface area contributed by atoms with E-state index >= 15 is 0 Å². The molecule has 6 bridgehead atoms. The number of halogens is 3. The van der Waals surface area contributed by atoms with Crippen LogP contribution in [0.25, 0.3) is 0 Å². The molecule has 0 aromatic heterocycles. The third kappa shape index (κ3) is 7.44. The molecule has 0 amide bonds. The quantitative estimate of drug-likeness (QED) is 0.177. The Hall–Kier alpha value is 0.580. The van der Waals surface area contributed by atoms with Crippen LogP contribution >= 0.6 is 39.1 Å². The van der Waals surface area contributed by atoms with E-state index in [1.807, 2.05) is 20.8 Å². The molecule has 368 valence electrons. The molecule has 10 aliphatic heterocycles. The zero-order valence-electron chi connectivity index (χ0n) is 40.5. The van der Waals surface area contributed by atoms with Crippen molar-refractivity contribution in [2.24, 2.45) is 71.0 Å². The fraction of sp³-hybridized carbons (Fsp3) is 1.00. The van der Waals surface area contributed by atoms with E-state index < -0.39 is 47.1 Å². The van der Waals surface area contributed by atoms with Gasteiger partial charge in [-0.05, 0) is 141 Å². The van der Waals surface area contributed by atoms with E-state index in [-0.39, 0.29) is 45.1 Å². The molecule has 3 aliphatic carbocycles. The van der Waals surface area contributed by atoms with Crippen LogP contribution in [0, 0.1) is 71.0 Å². The highest BCUT2D eigenvalue weighted by atomic mass is 79.9. The molecule has 13 rings (SSSR count). The van der Waals surface area contributed by atoms with Gasteiger partial charge in [-0.15, -0.1) is 23.2 Å². The van der Waals surface area contributed by atoms with Crippen LogP contribution in [-0.4, -0.2) is 84.7 Å². The summed E-state index contributed by atoms with van der Waals surface area (Å²) in [6.07, 6.45) is 11.9. The Morgan fingerprint density at radius 2 is 0.781 bits per heavy atom. The lowest BCUT2D eigenvalue weighted by molar-refractivity contribution is -0.584. The number of aliphatic hydroxyl groups is 2. The highest BCUT2D eigenvalue weighted by molar-refractivity contribution is 9.10. The molecule has 12 nitrogen and oxygen atoms in total. The second-order valence-electron chi connectivity index (χ2n) is 23.5. The summed E-state index contributed by atoms with van der Waals surface area (Å²) >= 11 is 13.3. The van der Waals surface area contributed by atoms with Gasteiger partial charge >= 0.3 is 0 Å². The summed E-state index contributed by atoms with van der Waals surface area (Å²) in [6, 6.07) is 0. The van der Waals surface area contributed by atoms with Crippen LogP contribution in [0.1, 0.15) is 160 Å². The number of rotatable bonds is 0. The van der Waals surface area contributed by atoms with Crippen LogP contribution in [0.5, 0.6) is 0 Å². The van der Waals surface area contributed by atoms with Gasteiger partial charge in [0.05, 0.1) is 5.34 Å². The molecule has 3 spiro atoms. The molecular formula is C49H79BrCl2O12. The van der Waals surface area contributed by atoms with Crippen LogP contribution in [0.3, 0.4) is 0 Å².